The second-order valence-electron chi connectivity index (χ2n) is 7.74. The number of halogens is 1. The van der Waals surface area contributed by atoms with Crippen LogP contribution in [0.2, 0.25) is 5.02 Å². The van der Waals surface area contributed by atoms with E-state index >= 15 is 0 Å². The average molecular weight is 404 g/mol. The highest BCUT2D eigenvalue weighted by Gasteiger charge is 2.18. The molecule has 2 heterocycles. The van der Waals surface area contributed by atoms with Crippen molar-refractivity contribution in [2.24, 2.45) is 0 Å². The van der Waals surface area contributed by atoms with E-state index in [1.165, 1.54) is 5.56 Å². The van der Waals surface area contributed by atoms with Crippen molar-refractivity contribution in [1.82, 2.24) is 14.8 Å². The Kier molecular flexibility index (Phi) is 5.33. The zero-order valence-electron chi connectivity index (χ0n) is 17.1. The summed E-state index contributed by atoms with van der Waals surface area (Å²) in [4.78, 5) is 9.55. The summed E-state index contributed by atoms with van der Waals surface area (Å²) < 4.78 is 0. The molecule has 0 atom stereocenters. The van der Waals surface area contributed by atoms with Gasteiger partial charge in [0.05, 0.1) is 16.2 Å². The Hall–Kier alpha value is -2.78. The van der Waals surface area contributed by atoms with Gasteiger partial charge in [0.1, 0.15) is 0 Å². The normalized spacial score (nSPS) is 14.3. The van der Waals surface area contributed by atoms with Crippen LogP contribution in [0.15, 0.2) is 67.4 Å². The molecule has 4 rings (SSSR count). The minimum Gasteiger partial charge on any atom is -0.372 e. The summed E-state index contributed by atoms with van der Waals surface area (Å²) in [6, 6.07) is 16.6. The summed E-state index contributed by atoms with van der Waals surface area (Å²) >= 11 is 6.58. The zero-order valence-corrected chi connectivity index (χ0v) is 17.8. The average Bonchev–Trinajstić information content (AvgIpc) is 2.73. The molecule has 1 aliphatic heterocycles. The summed E-state index contributed by atoms with van der Waals surface area (Å²) in [5.41, 5.74) is 7.33. The molecule has 0 amide bonds. The number of allylic oxidation sites excluding steroid dienone is 1. The molecule has 0 unspecified atom stereocenters. The number of nitrogens with zero attached hydrogens (tertiary/aromatic N) is 3. The van der Waals surface area contributed by atoms with E-state index in [9.17, 15) is 0 Å². The third kappa shape index (κ3) is 4.01. The first-order valence-corrected chi connectivity index (χ1v) is 10.3. The molecular formula is C25H26ClN3. The second kappa shape index (κ2) is 7.92. The molecule has 1 aromatic heterocycles. The highest BCUT2D eigenvalue weighted by Crippen LogP contribution is 2.31. The Morgan fingerprint density at radius 1 is 0.931 bits per heavy atom. The molecule has 1 aliphatic rings. The summed E-state index contributed by atoms with van der Waals surface area (Å²) in [6.45, 7) is 16.4. The molecule has 1 saturated heterocycles. The van der Waals surface area contributed by atoms with E-state index in [0.29, 0.717) is 0 Å². The van der Waals surface area contributed by atoms with Gasteiger partial charge >= 0.3 is 0 Å². The van der Waals surface area contributed by atoms with Crippen LogP contribution in [-0.2, 0) is 0 Å². The first kappa shape index (κ1) is 19.5. The van der Waals surface area contributed by atoms with Crippen LogP contribution >= 0.6 is 11.6 Å². The van der Waals surface area contributed by atoms with E-state index in [2.05, 4.69) is 73.2 Å². The summed E-state index contributed by atoms with van der Waals surface area (Å²) in [5, 5.41) is 1.68. The van der Waals surface area contributed by atoms with Crippen LogP contribution in [-0.4, -0.2) is 41.0 Å². The number of rotatable bonds is 4. The van der Waals surface area contributed by atoms with Crippen molar-refractivity contribution in [3.8, 4) is 11.3 Å². The minimum absolute atomic E-state index is 0.720. The molecule has 0 radical (unpaired) electrons. The van der Waals surface area contributed by atoms with Gasteiger partial charge in [0.2, 0.25) is 0 Å². The summed E-state index contributed by atoms with van der Waals surface area (Å²) in [6.07, 6.45) is 0. The number of aromatic nitrogens is 1. The standard InChI is InChI=1S/C25H26ClN3/c1-17(2)28-11-13-29(14-12-28)19(4)21-9-10-22-23(26)16-24(27-25(22)15-21)20-7-5-18(3)6-8-20/h5-10,15-16H,1,4,11-14H2,2-3H3. The number of piperazine rings is 1. The Labute approximate surface area is 177 Å². The highest BCUT2D eigenvalue weighted by atomic mass is 35.5. The van der Waals surface area contributed by atoms with Crippen molar-refractivity contribution < 1.29 is 0 Å². The molecule has 3 nitrogen and oxygen atoms in total. The predicted octanol–water partition coefficient (Wildman–Crippen LogP) is 5.99. The molecule has 4 heteroatoms. The van der Waals surface area contributed by atoms with Crippen molar-refractivity contribution in [3.05, 3.63) is 83.5 Å². The fourth-order valence-electron chi connectivity index (χ4n) is 3.78. The van der Waals surface area contributed by atoms with Gasteiger partial charge < -0.3 is 9.80 Å². The Balaban J connectivity index is 1.63. The number of hydrogen-bond donors (Lipinski definition) is 0. The summed E-state index contributed by atoms with van der Waals surface area (Å²) in [7, 11) is 0. The monoisotopic (exact) mass is 403 g/mol. The third-order valence-electron chi connectivity index (χ3n) is 5.64. The van der Waals surface area contributed by atoms with Crippen LogP contribution in [0.5, 0.6) is 0 Å². The van der Waals surface area contributed by atoms with Crippen molar-refractivity contribution in [2.75, 3.05) is 26.2 Å². The molecule has 0 bridgehead atoms. The maximum absolute atomic E-state index is 6.58. The van der Waals surface area contributed by atoms with Gasteiger partial charge in [-0.25, -0.2) is 4.98 Å². The second-order valence-corrected chi connectivity index (χ2v) is 8.15. The van der Waals surface area contributed by atoms with Crippen molar-refractivity contribution in [2.45, 2.75) is 13.8 Å². The van der Waals surface area contributed by atoms with Crippen molar-refractivity contribution in [1.29, 1.82) is 0 Å². The van der Waals surface area contributed by atoms with E-state index < -0.39 is 0 Å². The number of aryl methyl sites for hydroxylation is 1. The quantitative estimate of drug-likeness (QED) is 0.533. The lowest BCUT2D eigenvalue weighted by atomic mass is 10.0. The molecule has 0 spiro atoms. The van der Waals surface area contributed by atoms with Crippen LogP contribution < -0.4 is 0 Å². The Bertz CT molecular complexity index is 1080. The maximum Gasteiger partial charge on any atom is 0.0731 e. The molecule has 0 aliphatic carbocycles. The van der Waals surface area contributed by atoms with E-state index in [4.69, 9.17) is 16.6 Å². The van der Waals surface area contributed by atoms with Gasteiger partial charge in [-0.3, -0.25) is 0 Å². The molecule has 148 valence electrons. The lowest BCUT2D eigenvalue weighted by Crippen LogP contribution is -2.44. The van der Waals surface area contributed by atoms with Crippen LogP contribution in [0.3, 0.4) is 0 Å². The first-order chi connectivity index (χ1) is 13.9. The fourth-order valence-corrected chi connectivity index (χ4v) is 4.04. The number of benzene rings is 2. The van der Waals surface area contributed by atoms with E-state index in [1.807, 2.05) is 12.1 Å². The largest absolute Gasteiger partial charge is 0.372 e. The Morgan fingerprint density at radius 2 is 1.59 bits per heavy atom. The van der Waals surface area contributed by atoms with Gasteiger partial charge in [0, 0.05) is 48.5 Å². The van der Waals surface area contributed by atoms with E-state index in [0.717, 1.165) is 70.3 Å². The first-order valence-electron chi connectivity index (χ1n) is 9.94. The van der Waals surface area contributed by atoms with Gasteiger partial charge in [-0.05, 0) is 31.5 Å². The molecular weight excluding hydrogens is 378 g/mol. The Morgan fingerprint density at radius 3 is 2.24 bits per heavy atom. The van der Waals surface area contributed by atoms with Crippen molar-refractivity contribution >= 4 is 28.2 Å². The van der Waals surface area contributed by atoms with Crippen LogP contribution in [0, 0.1) is 6.92 Å². The van der Waals surface area contributed by atoms with Gasteiger partial charge in [-0.1, -0.05) is 66.7 Å². The lowest BCUT2D eigenvalue weighted by molar-refractivity contribution is 0.215. The molecule has 0 saturated carbocycles. The molecule has 0 N–H and O–H groups in total. The topological polar surface area (TPSA) is 19.4 Å². The molecule has 29 heavy (non-hydrogen) atoms. The van der Waals surface area contributed by atoms with Crippen LogP contribution in [0.1, 0.15) is 18.1 Å². The maximum atomic E-state index is 6.58. The van der Waals surface area contributed by atoms with Gasteiger partial charge in [0.15, 0.2) is 0 Å². The van der Waals surface area contributed by atoms with Gasteiger partial charge in [-0.2, -0.15) is 0 Å². The number of hydrogen-bond acceptors (Lipinski definition) is 3. The third-order valence-corrected chi connectivity index (χ3v) is 5.95. The van der Waals surface area contributed by atoms with E-state index in [1.54, 1.807) is 0 Å². The lowest BCUT2D eigenvalue weighted by Gasteiger charge is -2.38. The molecule has 1 fully saturated rings. The smallest absolute Gasteiger partial charge is 0.0731 e. The number of fused-ring (bicyclic) bond motifs is 1. The van der Waals surface area contributed by atoms with Crippen LogP contribution in [0.4, 0.5) is 0 Å². The minimum atomic E-state index is 0.720. The predicted molar refractivity (Wildman–Crippen MR) is 124 cm³/mol. The number of pyridine rings is 1. The zero-order chi connectivity index (χ0) is 20.5. The SMILES string of the molecule is C=C(C)N1CCN(C(=C)c2ccc3c(Cl)cc(-c4ccc(C)cc4)nc3c2)CC1. The van der Waals surface area contributed by atoms with Gasteiger partial charge in [0.25, 0.3) is 0 Å². The molecule has 2 aromatic carbocycles. The molecule has 3 aromatic rings. The fraction of sp³-hybridized carbons (Fsp3) is 0.240. The van der Waals surface area contributed by atoms with E-state index in [-0.39, 0.29) is 0 Å². The van der Waals surface area contributed by atoms with Gasteiger partial charge in [-0.15, -0.1) is 0 Å². The summed E-state index contributed by atoms with van der Waals surface area (Å²) in [5.74, 6) is 0. The highest BCUT2D eigenvalue weighted by molar-refractivity contribution is 6.35. The van der Waals surface area contributed by atoms with Crippen molar-refractivity contribution in [3.63, 3.8) is 0 Å². The van der Waals surface area contributed by atoms with Crippen LogP contribution in [0.25, 0.3) is 27.9 Å².